The minimum Gasteiger partial charge on any atom is -0.348 e. The number of carbonyl (C=O) groups excluding carboxylic acids is 2. The van der Waals surface area contributed by atoms with Gasteiger partial charge < -0.3 is 10.2 Å². The van der Waals surface area contributed by atoms with Gasteiger partial charge in [-0.2, -0.15) is 0 Å². The largest absolute Gasteiger partial charge is 0.348 e. The van der Waals surface area contributed by atoms with E-state index < -0.39 is 11.7 Å². The molecule has 2 amide bonds. The highest BCUT2D eigenvalue weighted by Gasteiger charge is 2.19. The average molecular weight is 395 g/mol. The smallest absolute Gasteiger partial charge is 0.253 e. The van der Waals surface area contributed by atoms with Gasteiger partial charge >= 0.3 is 0 Å². The van der Waals surface area contributed by atoms with E-state index in [1.807, 2.05) is 11.0 Å². The quantitative estimate of drug-likeness (QED) is 0.785. The molecule has 0 atom stereocenters. The Bertz CT molecular complexity index is 851. The SMILES string of the molecule is O=C(NCc1cccc(C(=O)N2CCCC2)c1)c1cc(F)c(Cl)cc1Cl. The van der Waals surface area contributed by atoms with Crippen LogP contribution in [-0.2, 0) is 6.54 Å². The highest BCUT2D eigenvalue weighted by atomic mass is 35.5. The summed E-state index contributed by atoms with van der Waals surface area (Å²) in [5.41, 5.74) is 1.38. The second-order valence-electron chi connectivity index (χ2n) is 6.13. The summed E-state index contributed by atoms with van der Waals surface area (Å²) in [6.07, 6.45) is 2.06. The summed E-state index contributed by atoms with van der Waals surface area (Å²) in [6, 6.07) is 9.31. The number of benzene rings is 2. The molecule has 0 saturated carbocycles. The molecule has 0 aliphatic carbocycles. The number of likely N-dealkylation sites (tertiary alicyclic amines) is 1. The molecule has 0 spiro atoms. The Hall–Kier alpha value is -2.11. The van der Waals surface area contributed by atoms with Gasteiger partial charge in [-0.05, 0) is 42.7 Å². The zero-order valence-corrected chi connectivity index (χ0v) is 15.4. The van der Waals surface area contributed by atoms with E-state index in [9.17, 15) is 14.0 Å². The molecule has 7 heteroatoms. The fourth-order valence-corrected chi connectivity index (χ4v) is 3.36. The summed E-state index contributed by atoms with van der Waals surface area (Å²) in [5, 5.41) is 2.62. The van der Waals surface area contributed by atoms with Crippen LogP contribution in [0.3, 0.4) is 0 Å². The zero-order valence-electron chi connectivity index (χ0n) is 13.9. The fourth-order valence-electron chi connectivity index (χ4n) is 2.89. The Kier molecular flexibility index (Phi) is 5.79. The highest BCUT2D eigenvalue weighted by Crippen LogP contribution is 2.24. The monoisotopic (exact) mass is 394 g/mol. The maximum atomic E-state index is 13.6. The third kappa shape index (κ3) is 4.17. The first-order valence-electron chi connectivity index (χ1n) is 8.26. The minimum absolute atomic E-state index is 0.00140. The van der Waals surface area contributed by atoms with Crippen LogP contribution in [0.4, 0.5) is 4.39 Å². The van der Waals surface area contributed by atoms with Gasteiger partial charge in [-0.15, -0.1) is 0 Å². The van der Waals surface area contributed by atoms with Crippen molar-refractivity contribution in [1.82, 2.24) is 10.2 Å². The van der Waals surface area contributed by atoms with E-state index in [0.717, 1.165) is 37.6 Å². The molecule has 0 radical (unpaired) electrons. The molecular weight excluding hydrogens is 378 g/mol. The molecule has 1 fully saturated rings. The standard InChI is InChI=1S/C19H17Cl2FN2O2/c20-15-10-16(21)17(22)9-14(15)18(25)23-11-12-4-3-5-13(8-12)19(26)24-6-1-2-7-24/h3-5,8-10H,1-2,6-7,11H2,(H,23,25). The van der Waals surface area contributed by atoms with E-state index in [4.69, 9.17) is 23.2 Å². The third-order valence-electron chi connectivity index (χ3n) is 4.27. The molecule has 1 N–H and O–H groups in total. The fraction of sp³-hybridized carbons (Fsp3) is 0.263. The molecule has 2 aromatic carbocycles. The highest BCUT2D eigenvalue weighted by molar-refractivity contribution is 6.36. The van der Waals surface area contributed by atoms with Crippen molar-refractivity contribution in [3.8, 4) is 0 Å². The second-order valence-corrected chi connectivity index (χ2v) is 6.94. The van der Waals surface area contributed by atoms with Crippen molar-refractivity contribution >= 4 is 35.0 Å². The van der Waals surface area contributed by atoms with E-state index in [2.05, 4.69) is 5.32 Å². The van der Waals surface area contributed by atoms with Crippen molar-refractivity contribution in [3.05, 3.63) is 69.0 Å². The third-order valence-corrected chi connectivity index (χ3v) is 4.88. The number of hydrogen-bond acceptors (Lipinski definition) is 2. The van der Waals surface area contributed by atoms with Crippen LogP contribution in [0, 0.1) is 5.82 Å². The van der Waals surface area contributed by atoms with E-state index in [0.29, 0.717) is 5.56 Å². The van der Waals surface area contributed by atoms with Gasteiger partial charge in [0.15, 0.2) is 0 Å². The van der Waals surface area contributed by atoms with Gasteiger partial charge in [0.25, 0.3) is 11.8 Å². The Morgan fingerprint density at radius 2 is 1.81 bits per heavy atom. The summed E-state index contributed by atoms with van der Waals surface area (Å²) in [4.78, 5) is 26.5. The maximum Gasteiger partial charge on any atom is 0.253 e. The van der Waals surface area contributed by atoms with Crippen LogP contribution < -0.4 is 5.32 Å². The number of amides is 2. The first kappa shape index (κ1) is 18.7. The van der Waals surface area contributed by atoms with Gasteiger partial charge in [-0.3, -0.25) is 9.59 Å². The molecule has 1 heterocycles. The number of nitrogens with zero attached hydrogens (tertiary/aromatic N) is 1. The Balaban J connectivity index is 1.68. The Morgan fingerprint density at radius 1 is 1.08 bits per heavy atom. The summed E-state index contributed by atoms with van der Waals surface area (Å²) in [7, 11) is 0. The van der Waals surface area contributed by atoms with Crippen LogP contribution in [0.5, 0.6) is 0 Å². The van der Waals surface area contributed by atoms with Gasteiger partial charge in [0.05, 0.1) is 15.6 Å². The number of carbonyl (C=O) groups is 2. The van der Waals surface area contributed by atoms with Crippen LogP contribution in [0.25, 0.3) is 0 Å². The van der Waals surface area contributed by atoms with Crippen molar-refractivity contribution in [2.24, 2.45) is 0 Å². The van der Waals surface area contributed by atoms with Crippen LogP contribution in [-0.4, -0.2) is 29.8 Å². The Labute approximate surface area is 160 Å². The second kappa shape index (κ2) is 8.06. The summed E-state index contributed by atoms with van der Waals surface area (Å²) < 4.78 is 13.6. The van der Waals surface area contributed by atoms with E-state index in [1.54, 1.807) is 18.2 Å². The topological polar surface area (TPSA) is 49.4 Å². The van der Waals surface area contributed by atoms with Gasteiger partial charge in [-0.1, -0.05) is 35.3 Å². The first-order valence-corrected chi connectivity index (χ1v) is 9.02. The molecule has 3 rings (SSSR count). The van der Waals surface area contributed by atoms with Gasteiger partial charge in [-0.25, -0.2) is 4.39 Å². The number of rotatable bonds is 4. The lowest BCUT2D eigenvalue weighted by atomic mass is 10.1. The van der Waals surface area contributed by atoms with Gasteiger partial charge in [0, 0.05) is 25.2 Å². The number of halogens is 3. The molecule has 26 heavy (non-hydrogen) atoms. The first-order chi connectivity index (χ1) is 12.5. The molecule has 1 aliphatic rings. The summed E-state index contributed by atoms with van der Waals surface area (Å²) >= 11 is 11.6. The predicted octanol–water partition coefficient (Wildman–Crippen LogP) is 4.30. The molecule has 0 bridgehead atoms. The summed E-state index contributed by atoms with van der Waals surface area (Å²) in [6.45, 7) is 1.75. The normalized spacial score (nSPS) is 13.7. The molecule has 0 unspecified atom stereocenters. The van der Waals surface area contributed by atoms with Crippen molar-refractivity contribution in [1.29, 1.82) is 0 Å². The van der Waals surface area contributed by atoms with Crippen LogP contribution in [0.2, 0.25) is 10.0 Å². The van der Waals surface area contributed by atoms with Crippen LogP contribution >= 0.6 is 23.2 Å². The van der Waals surface area contributed by atoms with Gasteiger partial charge in [0.2, 0.25) is 0 Å². The molecule has 136 valence electrons. The van der Waals surface area contributed by atoms with Crippen LogP contribution in [0.15, 0.2) is 36.4 Å². The average Bonchev–Trinajstić information content (AvgIpc) is 3.17. The van der Waals surface area contributed by atoms with Crippen molar-refractivity contribution in [2.45, 2.75) is 19.4 Å². The lowest BCUT2D eigenvalue weighted by Crippen LogP contribution is -2.28. The number of nitrogens with one attached hydrogen (secondary N) is 1. The minimum atomic E-state index is -0.709. The summed E-state index contributed by atoms with van der Waals surface area (Å²) in [5.74, 6) is -1.22. The van der Waals surface area contributed by atoms with Gasteiger partial charge in [0.1, 0.15) is 5.82 Å². The zero-order chi connectivity index (χ0) is 18.7. The predicted molar refractivity (Wildman–Crippen MR) is 99.2 cm³/mol. The molecular formula is C19H17Cl2FN2O2. The van der Waals surface area contributed by atoms with Crippen molar-refractivity contribution in [3.63, 3.8) is 0 Å². The molecule has 1 saturated heterocycles. The molecule has 1 aliphatic heterocycles. The van der Waals surface area contributed by atoms with E-state index in [1.165, 1.54) is 6.07 Å². The lowest BCUT2D eigenvalue weighted by molar-refractivity contribution is 0.0792. The van der Waals surface area contributed by atoms with Crippen molar-refractivity contribution < 1.29 is 14.0 Å². The van der Waals surface area contributed by atoms with E-state index in [-0.39, 0.29) is 28.1 Å². The molecule has 2 aromatic rings. The maximum absolute atomic E-state index is 13.6. The molecule has 4 nitrogen and oxygen atoms in total. The lowest BCUT2D eigenvalue weighted by Gasteiger charge is -2.15. The van der Waals surface area contributed by atoms with E-state index >= 15 is 0 Å². The molecule has 0 aromatic heterocycles. The number of hydrogen-bond donors (Lipinski definition) is 1. The van der Waals surface area contributed by atoms with Crippen LogP contribution in [0.1, 0.15) is 39.1 Å². The van der Waals surface area contributed by atoms with Crippen molar-refractivity contribution in [2.75, 3.05) is 13.1 Å². The Morgan fingerprint density at radius 3 is 2.54 bits per heavy atom.